The third kappa shape index (κ3) is 24.4. The summed E-state index contributed by atoms with van der Waals surface area (Å²) in [6, 6.07) is 0. The van der Waals surface area contributed by atoms with Gasteiger partial charge in [0.15, 0.2) is 0 Å². The van der Waals surface area contributed by atoms with Crippen LogP contribution in [0.2, 0.25) is 0 Å². The highest BCUT2D eigenvalue weighted by atomic mass is 31.2. The molecule has 9 heteroatoms. The van der Waals surface area contributed by atoms with Gasteiger partial charge in [0.2, 0.25) is 0 Å². The van der Waals surface area contributed by atoms with Gasteiger partial charge in [-0.2, -0.15) is 0 Å². The predicted octanol–water partition coefficient (Wildman–Crippen LogP) is 4.75. The molecule has 2 atom stereocenters. The number of hydrogen-bond acceptors (Lipinski definition) is 7. The van der Waals surface area contributed by atoms with E-state index in [4.69, 9.17) is 9.26 Å². The van der Waals surface area contributed by atoms with Crippen molar-refractivity contribution in [2.75, 3.05) is 47.5 Å². The lowest BCUT2D eigenvalue weighted by Gasteiger charge is -2.27. The Bertz CT molecular complexity index is 578. The summed E-state index contributed by atoms with van der Waals surface area (Å²) in [7, 11) is 1.24. The highest BCUT2D eigenvalue weighted by molar-refractivity contribution is 7.45. The number of carbonyl (C=O) groups excluding carboxylic acids is 1. The quantitative estimate of drug-likeness (QED) is 0.0700. The second-order valence-corrected chi connectivity index (χ2v) is 11.3. The van der Waals surface area contributed by atoms with Gasteiger partial charge in [-0.1, -0.05) is 64.0 Å². The lowest BCUT2D eigenvalue weighted by atomic mass is 10.1. The van der Waals surface area contributed by atoms with Gasteiger partial charge in [0.1, 0.15) is 25.9 Å². The smallest absolute Gasteiger partial charge is 0.305 e. The van der Waals surface area contributed by atoms with Crippen molar-refractivity contribution in [3.8, 4) is 0 Å². The van der Waals surface area contributed by atoms with Crippen LogP contribution >= 0.6 is 7.82 Å². The summed E-state index contributed by atoms with van der Waals surface area (Å²) in [5.74, 6) is -0.398. The molecule has 0 radical (unpaired) electrons. The minimum atomic E-state index is -4.49. The summed E-state index contributed by atoms with van der Waals surface area (Å²) >= 11 is 0. The number of allylic oxidation sites excluding steroid dienone is 2. The minimum Gasteiger partial charge on any atom is -0.756 e. The van der Waals surface area contributed by atoms with Crippen LogP contribution in [0.5, 0.6) is 0 Å². The molecule has 2 unspecified atom stereocenters. The van der Waals surface area contributed by atoms with Crippen molar-refractivity contribution in [3.63, 3.8) is 0 Å². The number of quaternary nitrogens is 1. The van der Waals surface area contributed by atoms with Crippen LogP contribution in [0.3, 0.4) is 0 Å². The molecule has 0 saturated heterocycles. The first-order valence-corrected chi connectivity index (χ1v) is 14.4. The Morgan fingerprint density at radius 3 is 2.06 bits per heavy atom. The molecule has 0 saturated carbocycles. The second kappa shape index (κ2) is 20.4. The molecular formula is C25H50NO7P. The third-order valence-electron chi connectivity index (χ3n) is 5.27. The molecule has 1 N–H and O–H groups in total. The van der Waals surface area contributed by atoms with Crippen LogP contribution in [0.15, 0.2) is 12.2 Å². The highest BCUT2D eigenvalue weighted by Gasteiger charge is 2.16. The molecule has 0 aromatic heterocycles. The van der Waals surface area contributed by atoms with E-state index in [0.717, 1.165) is 32.1 Å². The molecule has 0 fully saturated rings. The van der Waals surface area contributed by atoms with E-state index in [1.165, 1.54) is 44.9 Å². The Balaban J connectivity index is 3.61. The Labute approximate surface area is 207 Å². The Morgan fingerprint density at radius 2 is 1.47 bits per heavy atom. The van der Waals surface area contributed by atoms with Crippen LogP contribution in [0.4, 0.5) is 0 Å². The number of likely N-dealkylation sites (N-methyl/N-ethyl adjacent to an activating group) is 1. The molecule has 0 bridgehead atoms. The van der Waals surface area contributed by atoms with Crippen LogP contribution in [0.1, 0.15) is 90.4 Å². The third-order valence-corrected chi connectivity index (χ3v) is 6.23. The van der Waals surface area contributed by atoms with Gasteiger partial charge in [-0.25, -0.2) is 0 Å². The molecule has 0 aliphatic heterocycles. The number of carbonyl (C=O) groups is 1. The predicted molar refractivity (Wildman–Crippen MR) is 134 cm³/mol. The number of aliphatic hydroxyl groups is 1. The summed E-state index contributed by atoms with van der Waals surface area (Å²) in [6.07, 6.45) is 17.7. The summed E-state index contributed by atoms with van der Waals surface area (Å²) in [5, 5.41) is 9.78. The molecule has 0 aromatic rings. The first-order chi connectivity index (χ1) is 16.1. The van der Waals surface area contributed by atoms with Gasteiger partial charge in [-0.3, -0.25) is 9.36 Å². The van der Waals surface area contributed by atoms with Crippen molar-refractivity contribution in [2.24, 2.45) is 0 Å². The fraction of sp³-hybridized carbons (Fsp3) is 0.880. The van der Waals surface area contributed by atoms with Crippen molar-refractivity contribution in [1.29, 1.82) is 0 Å². The first-order valence-electron chi connectivity index (χ1n) is 12.9. The van der Waals surface area contributed by atoms with E-state index in [0.29, 0.717) is 17.4 Å². The number of aliphatic hydroxyl groups excluding tert-OH is 1. The van der Waals surface area contributed by atoms with Crippen molar-refractivity contribution in [3.05, 3.63) is 12.2 Å². The van der Waals surface area contributed by atoms with Crippen LogP contribution in [-0.2, 0) is 23.1 Å². The zero-order valence-corrected chi connectivity index (χ0v) is 22.9. The maximum atomic E-state index is 11.8. The molecule has 0 spiro atoms. The van der Waals surface area contributed by atoms with Crippen LogP contribution in [0.25, 0.3) is 0 Å². The van der Waals surface area contributed by atoms with Gasteiger partial charge >= 0.3 is 5.97 Å². The maximum Gasteiger partial charge on any atom is 0.305 e. The van der Waals surface area contributed by atoms with Gasteiger partial charge in [-0.05, 0) is 32.1 Å². The lowest BCUT2D eigenvalue weighted by molar-refractivity contribution is -0.870. The number of phosphoric acid groups is 1. The van der Waals surface area contributed by atoms with Gasteiger partial charge in [0.25, 0.3) is 7.82 Å². The van der Waals surface area contributed by atoms with E-state index in [2.05, 4.69) is 23.6 Å². The van der Waals surface area contributed by atoms with Crippen LogP contribution in [-0.4, -0.2) is 69.2 Å². The standard InChI is InChI=1S/C25H50NO7P/c1-5-6-7-8-9-10-11-12-13-14-15-16-17-18-19-25(28)31-22-24(27)23-33-34(29,30)32-21-20-26(2,3)4/h11-12,24,27H,5-10,13-23H2,1-4H3/b12-11-. The summed E-state index contributed by atoms with van der Waals surface area (Å²) in [6.45, 7) is 1.91. The summed E-state index contributed by atoms with van der Waals surface area (Å²) < 4.78 is 26.6. The Hall–Kier alpha value is -0.760. The van der Waals surface area contributed by atoms with Crippen molar-refractivity contribution < 1.29 is 37.6 Å². The first kappa shape index (κ1) is 33.2. The molecule has 0 aromatic carbocycles. The highest BCUT2D eigenvalue weighted by Crippen LogP contribution is 2.38. The van der Waals surface area contributed by atoms with Crippen molar-refractivity contribution in [2.45, 2.75) is 96.5 Å². The van der Waals surface area contributed by atoms with Gasteiger partial charge < -0.3 is 28.3 Å². The second-order valence-electron chi connectivity index (χ2n) is 9.91. The molecule has 0 amide bonds. The number of unbranched alkanes of at least 4 members (excludes halogenated alkanes) is 10. The summed E-state index contributed by atoms with van der Waals surface area (Å²) in [4.78, 5) is 23.4. The van der Waals surface area contributed by atoms with Crippen molar-refractivity contribution >= 4 is 13.8 Å². The zero-order valence-electron chi connectivity index (χ0n) is 22.0. The van der Waals surface area contributed by atoms with E-state index >= 15 is 0 Å². The van der Waals surface area contributed by atoms with E-state index in [-0.39, 0.29) is 13.2 Å². The fourth-order valence-electron chi connectivity index (χ4n) is 3.11. The normalized spacial score (nSPS) is 14.9. The molecule has 0 rings (SSSR count). The SMILES string of the molecule is CCCCCCC/C=C\CCCCCCCC(=O)OCC(O)COP(=O)([O-])OCC[N+](C)(C)C. The van der Waals surface area contributed by atoms with Gasteiger partial charge in [0.05, 0.1) is 27.7 Å². The minimum absolute atomic E-state index is 0.00868. The molecule has 0 aliphatic rings. The van der Waals surface area contributed by atoms with E-state index in [1.807, 2.05) is 21.1 Å². The van der Waals surface area contributed by atoms with Gasteiger partial charge in [0, 0.05) is 6.42 Å². The average molecular weight is 508 g/mol. The van der Waals surface area contributed by atoms with E-state index in [1.54, 1.807) is 0 Å². The van der Waals surface area contributed by atoms with Crippen molar-refractivity contribution in [1.82, 2.24) is 0 Å². The number of hydrogen-bond donors (Lipinski definition) is 1. The van der Waals surface area contributed by atoms with Gasteiger partial charge in [-0.15, -0.1) is 0 Å². The molecular weight excluding hydrogens is 457 g/mol. The Kier molecular flexibility index (Phi) is 20.0. The van der Waals surface area contributed by atoms with E-state index < -0.39 is 26.5 Å². The summed E-state index contributed by atoms with van der Waals surface area (Å²) in [5.41, 5.74) is 0. The van der Waals surface area contributed by atoms with E-state index in [9.17, 15) is 19.4 Å². The van der Waals surface area contributed by atoms with Crippen LogP contribution in [0, 0.1) is 0 Å². The number of phosphoric ester groups is 1. The average Bonchev–Trinajstić information content (AvgIpc) is 2.75. The molecule has 34 heavy (non-hydrogen) atoms. The number of ether oxygens (including phenoxy) is 1. The largest absolute Gasteiger partial charge is 0.756 e. The topological polar surface area (TPSA) is 105 Å². The molecule has 202 valence electrons. The zero-order chi connectivity index (χ0) is 25.7. The molecule has 0 heterocycles. The molecule has 8 nitrogen and oxygen atoms in total. The monoisotopic (exact) mass is 507 g/mol. The fourth-order valence-corrected chi connectivity index (χ4v) is 3.85. The molecule has 0 aliphatic carbocycles. The number of nitrogens with zero attached hydrogens (tertiary/aromatic N) is 1. The number of rotatable bonds is 23. The lowest BCUT2D eigenvalue weighted by Crippen LogP contribution is -2.37. The number of esters is 1. The van der Waals surface area contributed by atoms with Crippen LogP contribution < -0.4 is 4.89 Å². The Morgan fingerprint density at radius 1 is 0.912 bits per heavy atom. The maximum absolute atomic E-state index is 11.8.